The number of hydrogen-bond acceptors (Lipinski definition) is 6. The van der Waals surface area contributed by atoms with Gasteiger partial charge < -0.3 is 20.3 Å². The Morgan fingerprint density at radius 2 is 2.06 bits per heavy atom. The maximum absolute atomic E-state index is 14.1. The smallest absolute Gasteiger partial charge is 0.257 e. The van der Waals surface area contributed by atoms with E-state index in [-0.39, 0.29) is 18.0 Å². The van der Waals surface area contributed by atoms with E-state index in [4.69, 9.17) is 4.98 Å². The van der Waals surface area contributed by atoms with Gasteiger partial charge in [0.05, 0.1) is 30.2 Å². The van der Waals surface area contributed by atoms with Crippen LogP contribution in [-0.4, -0.2) is 54.4 Å². The Bertz CT molecular complexity index is 1340. The van der Waals surface area contributed by atoms with E-state index in [9.17, 15) is 14.3 Å². The Kier molecular flexibility index (Phi) is 4.81. The van der Waals surface area contributed by atoms with Crippen molar-refractivity contribution < 1.29 is 14.3 Å². The lowest BCUT2D eigenvalue weighted by Crippen LogP contribution is -2.50. The summed E-state index contributed by atoms with van der Waals surface area (Å²) in [7, 11) is 1.75. The third-order valence-electron chi connectivity index (χ3n) is 6.00. The van der Waals surface area contributed by atoms with Crippen LogP contribution >= 0.6 is 0 Å². The molecule has 4 aromatic rings. The molecule has 4 heterocycles. The maximum Gasteiger partial charge on any atom is 0.257 e. The van der Waals surface area contributed by atoms with E-state index in [1.165, 1.54) is 18.5 Å². The number of amides is 1. The van der Waals surface area contributed by atoms with Crippen molar-refractivity contribution in [1.29, 1.82) is 0 Å². The minimum absolute atomic E-state index is 0.113. The van der Waals surface area contributed by atoms with Crippen LogP contribution in [-0.2, 0) is 0 Å². The molecule has 0 spiro atoms. The number of aromatic nitrogens is 5. The summed E-state index contributed by atoms with van der Waals surface area (Å²) in [5.41, 5.74) is 2.61. The third-order valence-corrected chi connectivity index (χ3v) is 6.00. The number of halogens is 1. The molecular weight excluding hydrogens is 413 g/mol. The fourth-order valence-electron chi connectivity index (χ4n) is 4.04. The van der Waals surface area contributed by atoms with Crippen molar-refractivity contribution in [2.75, 3.05) is 12.4 Å². The van der Waals surface area contributed by atoms with Crippen LogP contribution < -0.4 is 10.6 Å². The molecule has 0 unspecified atom stereocenters. The molecule has 9 nitrogen and oxygen atoms in total. The summed E-state index contributed by atoms with van der Waals surface area (Å²) in [4.78, 5) is 21.9. The molecule has 3 N–H and O–H groups in total. The highest BCUT2D eigenvalue weighted by molar-refractivity contribution is 6.01. The molecule has 0 bridgehead atoms. The Balaban J connectivity index is 1.67. The topological polar surface area (TPSA) is 109 Å². The summed E-state index contributed by atoms with van der Waals surface area (Å²) in [5, 5.41) is 20.7. The average Bonchev–Trinajstić information content (AvgIpc) is 3.37. The number of aliphatic hydroxyl groups excluding tert-OH is 1. The van der Waals surface area contributed by atoms with Gasteiger partial charge in [0.25, 0.3) is 5.91 Å². The van der Waals surface area contributed by atoms with Crippen LogP contribution in [0.25, 0.3) is 27.9 Å². The molecule has 166 valence electrons. The molecule has 1 saturated carbocycles. The van der Waals surface area contributed by atoms with E-state index in [1.54, 1.807) is 11.6 Å². The number of carbonyl (C=O) groups excluding carboxylic acids is 1. The van der Waals surface area contributed by atoms with Crippen molar-refractivity contribution in [3.63, 3.8) is 0 Å². The minimum Gasteiger partial charge on any atom is -0.391 e. The van der Waals surface area contributed by atoms with Gasteiger partial charge in [-0.3, -0.25) is 4.79 Å². The summed E-state index contributed by atoms with van der Waals surface area (Å²) in [5.74, 6) is -0.144. The van der Waals surface area contributed by atoms with Crippen molar-refractivity contribution in [2.45, 2.75) is 44.9 Å². The zero-order valence-corrected chi connectivity index (χ0v) is 18.0. The quantitative estimate of drug-likeness (QED) is 0.443. The van der Waals surface area contributed by atoms with Gasteiger partial charge in [-0.1, -0.05) is 0 Å². The first kappa shape index (κ1) is 20.4. The van der Waals surface area contributed by atoms with Gasteiger partial charge in [-0.2, -0.15) is 9.61 Å². The van der Waals surface area contributed by atoms with Crippen LogP contribution in [0.5, 0.6) is 0 Å². The van der Waals surface area contributed by atoms with Crippen molar-refractivity contribution in [2.24, 2.45) is 0 Å². The van der Waals surface area contributed by atoms with Crippen molar-refractivity contribution >= 4 is 28.4 Å². The number of nitrogens with one attached hydrogen (secondary N) is 2. The summed E-state index contributed by atoms with van der Waals surface area (Å²) in [6.45, 7) is 4.05. The van der Waals surface area contributed by atoms with Gasteiger partial charge >= 0.3 is 0 Å². The molecule has 0 aromatic carbocycles. The molecule has 0 radical (unpaired) electrons. The van der Waals surface area contributed by atoms with E-state index in [2.05, 4.69) is 20.7 Å². The fraction of sp³-hybridized carbons (Fsp3) is 0.364. The molecule has 0 saturated heterocycles. The van der Waals surface area contributed by atoms with Crippen LogP contribution in [0, 0.1) is 5.82 Å². The molecule has 10 heteroatoms. The molecule has 32 heavy (non-hydrogen) atoms. The molecular formula is C22H24FN7O2. The van der Waals surface area contributed by atoms with Crippen LogP contribution in [0.1, 0.15) is 43.1 Å². The first-order valence-corrected chi connectivity index (χ1v) is 10.6. The van der Waals surface area contributed by atoms with Gasteiger partial charge in [0.2, 0.25) is 0 Å². The van der Waals surface area contributed by atoms with Crippen LogP contribution in [0.4, 0.5) is 10.2 Å². The van der Waals surface area contributed by atoms with E-state index in [0.717, 1.165) is 6.42 Å². The van der Waals surface area contributed by atoms with E-state index in [1.807, 2.05) is 30.7 Å². The van der Waals surface area contributed by atoms with Gasteiger partial charge in [0.1, 0.15) is 22.8 Å². The number of fused-ring (bicyclic) bond motifs is 2. The second kappa shape index (κ2) is 7.56. The third kappa shape index (κ3) is 3.18. The maximum atomic E-state index is 14.1. The standard InChI is InChI=1S/C22H24FN7O2/c1-11(2)29-10-15(13-6-12(23)8-25-20(13)29)17-7-19(24-3)30-21(27-17)14(9-26-30)22(32)28-16-4-5-18(16)31/h6-11,16,18,24,31H,4-5H2,1-3H3,(H,28,32)/t16-,18+/m0/s1. The summed E-state index contributed by atoms with van der Waals surface area (Å²) in [6.07, 6.45) is 5.46. The Morgan fingerprint density at radius 1 is 1.25 bits per heavy atom. The van der Waals surface area contributed by atoms with Gasteiger partial charge in [-0.25, -0.2) is 14.4 Å². The number of rotatable bonds is 5. The molecule has 1 fully saturated rings. The normalized spacial score (nSPS) is 18.3. The second-order valence-electron chi connectivity index (χ2n) is 8.36. The lowest BCUT2D eigenvalue weighted by Gasteiger charge is -2.32. The molecule has 1 aliphatic carbocycles. The number of nitrogens with zero attached hydrogens (tertiary/aromatic N) is 5. The SMILES string of the molecule is CNc1cc(-c2cn(C(C)C)c3ncc(F)cc23)nc2c(C(=O)N[C@H]3CC[C@H]3O)cnn12. The molecule has 0 aliphatic heterocycles. The highest BCUT2D eigenvalue weighted by Crippen LogP contribution is 2.33. The number of pyridine rings is 1. The van der Waals surface area contributed by atoms with E-state index < -0.39 is 11.9 Å². The number of aliphatic hydroxyl groups is 1. The van der Waals surface area contributed by atoms with Crippen molar-refractivity contribution in [3.8, 4) is 11.3 Å². The summed E-state index contributed by atoms with van der Waals surface area (Å²) < 4.78 is 17.6. The summed E-state index contributed by atoms with van der Waals surface area (Å²) in [6, 6.07) is 3.11. The summed E-state index contributed by atoms with van der Waals surface area (Å²) >= 11 is 0. The highest BCUT2D eigenvalue weighted by Gasteiger charge is 2.31. The predicted molar refractivity (Wildman–Crippen MR) is 118 cm³/mol. The number of carbonyl (C=O) groups is 1. The van der Waals surface area contributed by atoms with Crippen molar-refractivity contribution in [3.05, 3.63) is 42.1 Å². The Hall–Kier alpha value is -3.53. The predicted octanol–water partition coefficient (Wildman–Crippen LogP) is 2.76. The Labute approximate surface area is 183 Å². The zero-order valence-electron chi connectivity index (χ0n) is 18.0. The molecule has 2 atom stereocenters. The number of anilines is 1. The molecule has 1 amide bonds. The van der Waals surface area contributed by atoms with Crippen LogP contribution in [0.2, 0.25) is 0 Å². The first-order chi connectivity index (χ1) is 15.4. The van der Waals surface area contributed by atoms with Crippen LogP contribution in [0.15, 0.2) is 30.7 Å². The van der Waals surface area contributed by atoms with Crippen molar-refractivity contribution in [1.82, 2.24) is 29.5 Å². The average molecular weight is 437 g/mol. The Morgan fingerprint density at radius 3 is 2.72 bits per heavy atom. The lowest BCUT2D eigenvalue weighted by atomic mass is 9.89. The van der Waals surface area contributed by atoms with Crippen LogP contribution in [0.3, 0.4) is 0 Å². The highest BCUT2D eigenvalue weighted by atomic mass is 19.1. The minimum atomic E-state index is -0.526. The van der Waals surface area contributed by atoms with E-state index >= 15 is 0 Å². The lowest BCUT2D eigenvalue weighted by molar-refractivity contribution is 0.0448. The largest absolute Gasteiger partial charge is 0.391 e. The molecule has 5 rings (SSSR count). The monoisotopic (exact) mass is 437 g/mol. The zero-order chi connectivity index (χ0) is 22.6. The first-order valence-electron chi connectivity index (χ1n) is 10.6. The number of hydrogen-bond donors (Lipinski definition) is 3. The molecule has 4 aromatic heterocycles. The fourth-order valence-corrected chi connectivity index (χ4v) is 4.04. The van der Waals surface area contributed by atoms with E-state index in [0.29, 0.717) is 45.7 Å². The van der Waals surface area contributed by atoms with Gasteiger partial charge in [-0.05, 0) is 32.8 Å². The molecule has 1 aliphatic rings. The van der Waals surface area contributed by atoms with Gasteiger partial charge in [0, 0.05) is 36.3 Å². The van der Waals surface area contributed by atoms with Gasteiger partial charge in [-0.15, -0.1) is 0 Å². The van der Waals surface area contributed by atoms with Gasteiger partial charge in [0.15, 0.2) is 5.65 Å². The second-order valence-corrected chi connectivity index (χ2v) is 8.36.